The second-order valence-electron chi connectivity index (χ2n) is 10.2. The Balaban J connectivity index is 0.00000384. The van der Waals surface area contributed by atoms with Crippen molar-refractivity contribution < 1.29 is 61.8 Å². The van der Waals surface area contributed by atoms with Gasteiger partial charge in [0.1, 0.15) is 11.3 Å². The Hall–Kier alpha value is -4.25. The van der Waals surface area contributed by atoms with Crippen molar-refractivity contribution in [3.8, 4) is 22.5 Å². The van der Waals surface area contributed by atoms with Gasteiger partial charge in [-0.05, 0) is 61.4 Å². The molecule has 0 radical (unpaired) electrons. The SMILES string of the molecule is Cc1ccccc1Nc1ccc2c(-c3ccccc3C(=O)[O-])c3ccc(=[NH+]c4ccc(S(=O)(=O)O)cc4C)cc-3oc2c1.[Na+]. The van der Waals surface area contributed by atoms with Gasteiger partial charge < -0.3 is 19.6 Å². The van der Waals surface area contributed by atoms with Crippen LogP contribution in [-0.2, 0) is 10.1 Å². The van der Waals surface area contributed by atoms with Gasteiger partial charge in [-0.3, -0.25) is 4.55 Å². The number of carbonyl (C=O) groups excluding carboxylic acids is 1. The Morgan fingerprint density at radius 2 is 1.59 bits per heavy atom. The molecule has 1 aliphatic heterocycles. The van der Waals surface area contributed by atoms with Crippen LogP contribution in [0.5, 0.6) is 0 Å². The van der Waals surface area contributed by atoms with E-state index in [1.54, 1.807) is 37.3 Å². The summed E-state index contributed by atoms with van der Waals surface area (Å²) >= 11 is 0. The molecule has 0 fully saturated rings. The first-order valence-electron chi connectivity index (χ1n) is 13.4. The Kier molecular flexibility index (Phi) is 8.78. The zero-order valence-corrected chi connectivity index (χ0v) is 27.0. The van der Waals surface area contributed by atoms with Crippen molar-refractivity contribution in [2.24, 2.45) is 0 Å². The van der Waals surface area contributed by atoms with Crippen LogP contribution in [0.4, 0.5) is 17.1 Å². The molecule has 0 atom stereocenters. The fourth-order valence-electron chi connectivity index (χ4n) is 5.18. The van der Waals surface area contributed by atoms with Gasteiger partial charge >= 0.3 is 29.6 Å². The van der Waals surface area contributed by atoms with Gasteiger partial charge in [0, 0.05) is 57.2 Å². The number of aromatic carboxylic acids is 1. The van der Waals surface area contributed by atoms with E-state index in [0.29, 0.717) is 44.6 Å². The van der Waals surface area contributed by atoms with E-state index < -0.39 is 16.1 Å². The molecule has 0 spiro atoms. The summed E-state index contributed by atoms with van der Waals surface area (Å²) in [5.74, 6) is -0.779. The van der Waals surface area contributed by atoms with Crippen LogP contribution in [0.1, 0.15) is 21.5 Å². The smallest absolute Gasteiger partial charge is 0.545 e. The molecule has 0 bridgehead atoms. The second kappa shape index (κ2) is 12.4. The zero-order valence-electron chi connectivity index (χ0n) is 24.2. The predicted octanol–water partition coefficient (Wildman–Crippen LogP) is 1.49. The summed E-state index contributed by atoms with van der Waals surface area (Å²) in [6.07, 6.45) is 0. The maximum Gasteiger partial charge on any atom is 1.00 e. The first kappa shape index (κ1) is 31.2. The van der Waals surface area contributed by atoms with Crippen LogP contribution >= 0.6 is 0 Å². The number of aryl methyl sites for hydroxylation is 2. The first-order valence-corrected chi connectivity index (χ1v) is 14.8. The van der Waals surface area contributed by atoms with E-state index in [9.17, 15) is 22.9 Å². The molecule has 10 heteroatoms. The number of para-hydroxylation sites is 1. The van der Waals surface area contributed by atoms with E-state index in [-0.39, 0.29) is 40.0 Å². The summed E-state index contributed by atoms with van der Waals surface area (Å²) in [6, 6.07) is 30.1. The molecule has 214 valence electrons. The number of rotatable bonds is 6. The topological polar surface area (TPSA) is 134 Å². The van der Waals surface area contributed by atoms with Crippen molar-refractivity contribution >= 4 is 44.1 Å². The summed E-state index contributed by atoms with van der Waals surface area (Å²) < 4.78 is 38.9. The standard InChI is InChI=1S/C34H26N2O6S.Na/c1-20-7-3-6-10-29(20)35-22-11-14-27-31(18-22)42-32-19-23(36-30-16-13-24(17-21(30)2)43(39,40)41)12-15-28(32)33(27)25-8-4-5-9-26(25)34(37)38;/h3-19,35H,1-2H3,(H,37,38)(H,39,40,41);/q;+1. The Morgan fingerprint density at radius 3 is 2.32 bits per heavy atom. The molecule has 0 saturated carbocycles. The Bertz CT molecular complexity index is 2210. The van der Waals surface area contributed by atoms with Crippen LogP contribution in [-0.4, -0.2) is 18.9 Å². The Labute approximate surface area is 276 Å². The molecular weight excluding hydrogens is 587 g/mol. The fraction of sp³-hybridized carbons (Fsp3) is 0.0588. The number of nitrogens with one attached hydrogen (secondary N) is 2. The average Bonchev–Trinajstić information content (AvgIpc) is 2.97. The molecule has 8 nitrogen and oxygen atoms in total. The molecule has 0 saturated heterocycles. The monoisotopic (exact) mass is 613 g/mol. The summed E-state index contributed by atoms with van der Waals surface area (Å²) in [4.78, 5) is 15.2. The van der Waals surface area contributed by atoms with Crippen molar-refractivity contribution in [2.45, 2.75) is 18.7 Å². The van der Waals surface area contributed by atoms with Crippen molar-refractivity contribution in [1.29, 1.82) is 0 Å². The van der Waals surface area contributed by atoms with E-state index >= 15 is 0 Å². The minimum Gasteiger partial charge on any atom is -0.545 e. The van der Waals surface area contributed by atoms with E-state index in [2.05, 4.69) is 10.3 Å². The normalized spacial score (nSPS) is 11.8. The summed E-state index contributed by atoms with van der Waals surface area (Å²) in [6.45, 7) is 3.75. The maximum absolute atomic E-state index is 12.1. The van der Waals surface area contributed by atoms with Gasteiger partial charge in [0.2, 0.25) is 11.0 Å². The minimum absolute atomic E-state index is 0. The van der Waals surface area contributed by atoms with Gasteiger partial charge in [-0.2, -0.15) is 8.42 Å². The van der Waals surface area contributed by atoms with E-state index in [4.69, 9.17) is 4.42 Å². The summed E-state index contributed by atoms with van der Waals surface area (Å²) in [7, 11) is -4.33. The van der Waals surface area contributed by atoms with E-state index in [1.807, 2.05) is 61.5 Å². The average molecular weight is 614 g/mol. The van der Waals surface area contributed by atoms with Crippen LogP contribution < -0.4 is 50.3 Å². The molecule has 6 rings (SSSR count). The molecule has 3 N–H and O–H groups in total. The van der Waals surface area contributed by atoms with Gasteiger partial charge in [0.15, 0.2) is 0 Å². The number of carboxylic acids is 1. The fourth-order valence-corrected chi connectivity index (χ4v) is 5.74. The van der Waals surface area contributed by atoms with Gasteiger partial charge in [-0.15, -0.1) is 0 Å². The van der Waals surface area contributed by atoms with Crippen LogP contribution in [0, 0.1) is 13.8 Å². The molecule has 4 aromatic rings. The van der Waals surface area contributed by atoms with Gasteiger partial charge in [0.05, 0.1) is 16.9 Å². The number of carboxylic acid groups (broad SMARTS) is 1. The molecule has 1 heterocycles. The van der Waals surface area contributed by atoms with Crippen LogP contribution in [0.15, 0.2) is 112 Å². The van der Waals surface area contributed by atoms with Gasteiger partial charge in [0.25, 0.3) is 10.1 Å². The Morgan fingerprint density at radius 1 is 0.841 bits per heavy atom. The third-order valence-corrected chi connectivity index (χ3v) is 8.19. The van der Waals surface area contributed by atoms with Crippen molar-refractivity contribution in [1.82, 2.24) is 0 Å². The zero-order chi connectivity index (χ0) is 30.3. The molecule has 44 heavy (non-hydrogen) atoms. The first-order chi connectivity index (χ1) is 20.6. The summed E-state index contributed by atoms with van der Waals surface area (Å²) in [5.41, 5.74) is 6.59. The van der Waals surface area contributed by atoms with Gasteiger partial charge in [-0.25, -0.2) is 4.99 Å². The van der Waals surface area contributed by atoms with Crippen molar-refractivity contribution in [3.05, 3.63) is 125 Å². The maximum atomic E-state index is 12.1. The minimum atomic E-state index is -4.33. The molecule has 0 aromatic heterocycles. The van der Waals surface area contributed by atoms with Crippen molar-refractivity contribution in [2.75, 3.05) is 5.32 Å². The molecule has 2 aliphatic rings. The molecule has 4 aromatic carbocycles. The predicted molar refractivity (Wildman–Crippen MR) is 162 cm³/mol. The molecule has 0 amide bonds. The van der Waals surface area contributed by atoms with Crippen LogP contribution in [0.2, 0.25) is 0 Å². The largest absolute Gasteiger partial charge is 1.00 e. The number of hydrogen-bond donors (Lipinski definition) is 3. The molecule has 1 aliphatic carbocycles. The van der Waals surface area contributed by atoms with Gasteiger partial charge in [-0.1, -0.05) is 42.5 Å². The molecule has 0 unspecified atom stereocenters. The van der Waals surface area contributed by atoms with Crippen LogP contribution in [0.3, 0.4) is 0 Å². The number of fused-ring (bicyclic) bond motifs is 2. The third-order valence-electron chi connectivity index (χ3n) is 7.34. The van der Waals surface area contributed by atoms with Crippen LogP contribution in [0.25, 0.3) is 33.4 Å². The number of benzene rings is 5. The van der Waals surface area contributed by atoms with Crippen molar-refractivity contribution in [3.63, 3.8) is 0 Å². The van der Waals surface area contributed by atoms with E-state index in [0.717, 1.165) is 22.3 Å². The molecular formula is C34H26N2NaO6S+. The quantitative estimate of drug-likeness (QED) is 0.147. The van der Waals surface area contributed by atoms with E-state index in [1.165, 1.54) is 18.2 Å². The number of hydrogen-bond acceptors (Lipinski definition) is 6. The number of carbonyl (C=O) groups is 1. The number of anilines is 2. The third kappa shape index (κ3) is 6.19. The summed E-state index contributed by atoms with van der Waals surface area (Å²) in [5, 5.41) is 16.9. The second-order valence-corrected chi connectivity index (χ2v) is 11.7.